The summed E-state index contributed by atoms with van der Waals surface area (Å²) in [6, 6.07) is 10.7. The second kappa shape index (κ2) is 6.53. The Kier molecular flexibility index (Phi) is 4.74. The second-order valence-corrected chi connectivity index (χ2v) is 4.82. The molecular formula is C15H21N3. The summed E-state index contributed by atoms with van der Waals surface area (Å²) >= 11 is 0. The monoisotopic (exact) mass is 243 g/mol. The Hall–Kier alpha value is -1.37. The Bertz CT molecular complexity index is 422. The van der Waals surface area contributed by atoms with Gasteiger partial charge in [0.2, 0.25) is 0 Å². The number of nitrogens with one attached hydrogen (secondary N) is 1. The Morgan fingerprint density at radius 3 is 3.06 bits per heavy atom. The highest BCUT2D eigenvalue weighted by Crippen LogP contribution is 2.16. The highest BCUT2D eigenvalue weighted by Gasteiger charge is 2.22. The molecule has 18 heavy (non-hydrogen) atoms. The van der Waals surface area contributed by atoms with E-state index in [1.165, 1.54) is 19.4 Å². The number of nitrogens with zero attached hydrogens (tertiary/aromatic N) is 2. The van der Waals surface area contributed by atoms with E-state index in [4.69, 9.17) is 5.26 Å². The van der Waals surface area contributed by atoms with Crippen molar-refractivity contribution in [3.05, 3.63) is 35.4 Å². The minimum atomic E-state index is 0.671. The third-order valence-corrected chi connectivity index (χ3v) is 3.74. The van der Waals surface area contributed by atoms with Crippen molar-refractivity contribution in [2.45, 2.75) is 32.4 Å². The third kappa shape index (κ3) is 3.10. The van der Waals surface area contributed by atoms with Crippen molar-refractivity contribution >= 4 is 0 Å². The van der Waals surface area contributed by atoms with E-state index < -0.39 is 0 Å². The molecule has 0 spiro atoms. The first kappa shape index (κ1) is 13.1. The number of nitriles is 1. The fourth-order valence-electron chi connectivity index (χ4n) is 2.70. The molecule has 1 N–H and O–H groups in total. The minimum Gasteiger partial charge on any atom is -0.311 e. The number of rotatable bonds is 5. The fraction of sp³-hybridized carbons (Fsp3) is 0.533. The van der Waals surface area contributed by atoms with Crippen molar-refractivity contribution in [3.63, 3.8) is 0 Å². The summed E-state index contributed by atoms with van der Waals surface area (Å²) in [5.41, 5.74) is 1.88. The average Bonchev–Trinajstić information content (AvgIpc) is 2.87. The van der Waals surface area contributed by atoms with E-state index in [1.54, 1.807) is 0 Å². The number of hydrogen-bond acceptors (Lipinski definition) is 3. The minimum absolute atomic E-state index is 0.671. The molecule has 0 radical (unpaired) electrons. The van der Waals surface area contributed by atoms with E-state index in [2.05, 4.69) is 23.2 Å². The van der Waals surface area contributed by atoms with Gasteiger partial charge in [-0.3, -0.25) is 4.90 Å². The Balaban J connectivity index is 1.83. The van der Waals surface area contributed by atoms with Crippen LogP contribution in [-0.4, -0.2) is 30.6 Å². The van der Waals surface area contributed by atoms with Crippen molar-refractivity contribution in [1.82, 2.24) is 10.2 Å². The Morgan fingerprint density at radius 1 is 1.44 bits per heavy atom. The van der Waals surface area contributed by atoms with Crippen LogP contribution < -0.4 is 5.32 Å². The van der Waals surface area contributed by atoms with E-state index in [-0.39, 0.29) is 0 Å². The molecule has 2 rings (SSSR count). The number of likely N-dealkylation sites (tertiary alicyclic amines) is 1. The molecule has 0 saturated carbocycles. The van der Waals surface area contributed by atoms with Crippen LogP contribution in [0.3, 0.4) is 0 Å². The molecule has 1 fully saturated rings. The van der Waals surface area contributed by atoms with Crippen LogP contribution in [0, 0.1) is 11.3 Å². The van der Waals surface area contributed by atoms with Crippen molar-refractivity contribution in [2.75, 3.05) is 19.6 Å². The van der Waals surface area contributed by atoms with Gasteiger partial charge in [-0.05, 0) is 37.6 Å². The summed E-state index contributed by atoms with van der Waals surface area (Å²) in [5.74, 6) is 0. The van der Waals surface area contributed by atoms with E-state index in [0.717, 1.165) is 30.8 Å². The molecule has 3 heteroatoms. The smallest absolute Gasteiger partial charge is 0.0995 e. The quantitative estimate of drug-likeness (QED) is 0.861. The molecular weight excluding hydrogens is 222 g/mol. The summed E-state index contributed by atoms with van der Waals surface area (Å²) < 4.78 is 0. The zero-order valence-corrected chi connectivity index (χ0v) is 11.0. The van der Waals surface area contributed by atoms with Crippen LogP contribution in [0.4, 0.5) is 0 Å². The molecule has 0 aliphatic carbocycles. The largest absolute Gasteiger partial charge is 0.311 e. The zero-order valence-electron chi connectivity index (χ0n) is 11.0. The van der Waals surface area contributed by atoms with Crippen LogP contribution >= 0.6 is 0 Å². The van der Waals surface area contributed by atoms with E-state index in [0.29, 0.717) is 6.04 Å². The maximum atomic E-state index is 9.02. The van der Waals surface area contributed by atoms with Gasteiger partial charge in [0.15, 0.2) is 0 Å². The van der Waals surface area contributed by atoms with Crippen molar-refractivity contribution in [3.8, 4) is 6.07 Å². The summed E-state index contributed by atoms with van der Waals surface area (Å²) in [4.78, 5) is 2.53. The molecule has 1 aromatic rings. The Morgan fingerprint density at radius 2 is 2.28 bits per heavy atom. The SMILES string of the molecule is CCN1CCCC1CNCc1ccccc1C#N. The molecule has 96 valence electrons. The van der Waals surface area contributed by atoms with E-state index in [1.807, 2.05) is 24.3 Å². The molecule has 1 saturated heterocycles. The Labute approximate surface area is 109 Å². The van der Waals surface area contributed by atoms with Gasteiger partial charge in [-0.25, -0.2) is 0 Å². The zero-order chi connectivity index (χ0) is 12.8. The molecule has 1 atom stereocenters. The lowest BCUT2D eigenvalue weighted by atomic mass is 10.1. The highest BCUT2D eigenvalue weighted by molar-refractivity contribution is 5.37. The first-order chi connectivity index (χ1) is 8.85. The predicted octanol–water partition coefficient (Wildman–Crippen LogP) is 2.13. The van der Waals surface area contributed by atoms with Gasteiger partial charge in [-0.1, -0.05) is 25.1 Å². The first-order valence-corrected chi connectivity index (χ1v) is 6.78. The lowest BCUT2D eigenvalue weighted by Crippen LogP contribution is -2.37. The van der Waals surface area contributed by atoms with Gasteiger partial charge in [0.25, 0.3) is 0 Å². The molecule has 1 aliphatic heterocycles. The standard InChI is InChI=1S/C15H21N3/c1-2-18-9-5-8-15(18)12-17-11-14-7-4-3-6-13(14)10-16/h3-4,6-7,15,17H,2,5,8-9,11-12H2,1H3. The van der Waals surface area contributed by atoms with E-state index >= 15 is 0 Å². The maximum absolute atomic E-state index is 9.02. The molecule has 0 amide bonds. The molecule has 1 heterocycles. The lowest BCUT2D eigenvalue weighted by Gasteiger charge is -2.23. The van der Waals surface area contributed by atoms with Crippen molar-refractivity contribution in [2.24, 2.45) is 0 Å². The highest BCUT2D eigenvalue weighted by atomic mass is 15.2. The van der Waals surface area contributed by atoms with Gasteiger partial charge < -0.3 is 5.32 Å². The summed E-state index contributed by atoms with van der Waals surface area (Å²) in [6.07, 6.45) is 2.61. The van der Waals surface area contributed by atoms with Crippen LogP contribution in [0.2, 0.25) is 0 Å². The van der Waals surface area contributed by atoms with Crippen LogP contribution in [0.15, 0.2) is 24.3 Å². The number of hydrogen-bond donors (Lipinski definition) is 1. The van der Waals surface area contributed by atoms with Crippen LogP contribution in [0.1, 0.15) is 30.9 Å². The van der Waals surface area contributed by atoms with Crippen LogP contribution in [0.25, 0.3) is 0 Å². The molecule has 3 nitrogen and oxygen atoms in total. The lowest BCUT2D eigenvalue weighted by molar-refractivity contribution is 0.260. The van der Waals surface area contributed by atoms with Gasteiger partial charge in [0.05, 0.1) is 11.6 Å². The summed E-state index contributed by atoms with van der Waals surface area (Å²) in [7, 11) is 0. The maximum Gasteiger partial charge on any atom is 0.0995 e. The summed E-state index contributed by atoms with van der Waals surface area (Å²) in [5, 5.41) is 12.5. The van der Waals surface area contributed by atoms with Gasteiger partial charge in [0.1, 0.15) is 0 Å². The van der Waals surface area contributed by atoms with Gasteiger partial charge in [-0.15, -0.1) is 0 Å². The van der Waals surface area contributed by atoms with Crippen molar-refractivity contribution < 1.29 is 0 Å². The molecule has 0 bridgehead atoms. The second-order valence-electron chi connectivity index (χ2n) is 4.82. The normalized spacial score (nSPS) is 19.9. The van der Waals surface area contributed by atoms with Crippen molar-refractivity contribution in [1.29, 1.82) is 5.26 Å². The molecule has 1 unspecified atom stereocenters. The van der Waals surface area contributed by atoms with Crippen LogP contribution in [0.5, 0.6) is 0 Å². The summed E-state index contributed by atoms with van der Waals surface area (Å²) in [6.45, 7) is 6.41. The van der Waals surface area contributed by atoms with Gasteiger partial charge >= 0.3 is 0 Å². The van der Waals surface area contributed by atoms with Gasteiger partial charge in [-0.2, -0.15) is 5.26 Å². The third-order valence-electron chi connectivity index (χ3n) is 3.74. The van der Waals surface area contributed by atoms with Crippen LogP contribution in [-0.2, 0) is 6.54 Å². The average molecular weight is 243 g/mol. The molecule has 1 aliphatic rings. The topological polar surface area (TPSA) is 39.1 Å². The first-order valence-electron chi connectivity index (χ1n) is 6.78. The van der Waals surface area contributed by atoms with Gasteiger partial charge in [0, 0.05) is 19.1 Å². The fourth-order valence-corrected chi connectivity index (χ4v) is 2.70. The number of likely N-dealkylation sites (N-methyl/N-ethyl adjacent to an activating group) is 1. The predicted molar refractivity (Wildman–Crippen MR) is 73.1 cm³/mol. The number of benzene rings is 1. The molecule has 1 aromatic carbocycles. The van der Waals surface area contributed by atoms with E-state index in [9.17, 15) is 0 Å². The molecule has 0 aromatic heterocycles.